The van der Waals surface area contributed by atoms with Crippen LogP contribution in [0.3, 0.4) is 0 Å². The van der Waals surface area contributed by atoms with Crippen molar-refractivity contribution < 1.29 is 17.5 Å². The van der Waals surface area contributed by atoms with Gasteiger partial charge >= 0.3 is 0 Å². The number of aromatic amines is 1. The molecule has 3 heterocycles. The van der Waals surface area contributed by atoms with E-state index in [0.29, 0.717) is 29.9 Å². The van der Waals surface area contributed by atoms with E-state index in [0.717, 1.165) is 37.8 Å². The first kappa shape index (κ1) is 21.9. The molecule has 1 saturated carbocycles. The lowest BCUT2D eigenvalue weighted by atomic mass is 9.87. The van der Waals surface area contributed by atoms with E-state index in [9.17, 15) is 12.8 Å². The average Bonchev–Trinajstić information content (AvgIpc) is 3.49. The Balaban J connectivity index is 1.24. The molecule has 2 fully saturated rings. The molecule has 5 rings (SSSR count). The van der Waals surface area contributed by atoms with Crippen LogP contribution in [0.4, 0.5) is 15.9 Å². The van der Waals surface area contributed by atoms with Crippen LogP contribution < -0.4 is 10.0 Å². The highest BCUT2D eigenvalue weighted by atomic mass is 32.2. The SMILES string of the molecule is CC(C)(C)C1CCC(C2CCC(c3cc(Nc4ccc5c(c4F)CNS5(=O)=O)n[nH]3)C2)O1. The molecule has 0 amide bonds. The molecule has 0 spiro atoms. The summed E-state index contributed by atoms with van der Waals surface area (Å²) in [5, 5.41) is 10.4. The van der Waals surface area contributed by atoms with Gasteiger partial charge in [0.15, 0.2) is 11.6 Å². The number of hydrogen-bond acceptors (Lipinski definition) is 5. The summed E-state index contributed by atoms with van der Waals surface area (Å²) in [4.78, 5) is 0.00287. The van der Waals surface area contributed by atoms with Gasteiger partial charge in [0, 0.05) is 29.8 Å². The van der Waals surface area contributed by atoms with Crippen LogP contribution in [0.2, 0.25) is 0 Å². The quantitative estimate of drug-likeness (QED) is 0.619. The van der Waals surface area contributed by atoms with Crippen molar-refractivity contribution in [1.82, 2.24) is 14.9 Å². The first-order valence-electron chi connectivity index (χ1n) is 11.4. The fraction of sp³-hybridized carbons (Fsp3) is 0.609. The summed E-state index contributed by atoms with van der Waals surface area (Å²) in [5.74, 6) is 0.921. The maximum atomic E-state index is 14.8. The number of benzene rings is 1. The molecular weight excluding hydrogens is 431 g/mol. The molecule has 9 heteroatoms. The van der Waals surface area contributed by atoms with E-state index in [1.807, 2.05) is 6.07 Å². The molecule has 32 heavy (non-hydrogen) atoms. The molecule has 4 atom stereocenters. The van der Waals surface area contributed by atoms with Crippen LogP contribution in [-0.2, 0) is 21.3 Å². The number of rotatable bonds is 4. The van der Waals surface area contributed by atoms with Crippen molar-refractivity contribution in [2.45, 2.75) is 82.4 Å². The zero-order chi connectivity index (χ0) is 22.7. The predicted octanol–water partition coefficient (Wildman–Crippen LogP) is 4.56. The Hall–Kier alpha value is -1.97. The van der Waals surface area contributed by atoms with Crippen LogP contribution in [-0.4, -0.2) is 30.8 Å². The first-order chi connectivity index (χ1) is 15.1. The minimum Gasteiger partial charge on any atom is -0.374 e. The highest BCUT2D eigenvalue weighted by Crippen LogP contribution is 2.45. The fourth-order valence-corrected chi connectivity index (χ4v) is 6.62. The molecule has 1 aromatic heterocycles. The van der Waals surface area contributed by atoms with Crippen LogP contribution in [0.15, 0.2) is 23.1 Å². The summed E-state index contributed by atoms with van der Waals surface area (Å²) in [7, 11) is -3.60. The van der Waals surface area contributed by atoms with Gasteiger partial charge in [-0.3, -0.25) is 5.10 Å². The smallest absolute Gasteiger partial charge is 0.241 e. The molecule has 2 aliphatic heterocycles. The van der Waals surface area contributed by atoms with Gasteiger partial charge in [-0.05, 0) is 55.6 Å². The van der Waals surface area contributed by atoms with Crippen molar-refractivity contribution in [1.29, 1.82) is 0 Å². The fourth-order valence-electron chi connectivity index (χ4n) is 5.39. The van der Waals surface area contributed by atoms with Gasteiger partial charge in [-0.25, -0.2) is 17.5 Å². The highest BCUT2D eigenvalue weighted by molar-refractivity contribution is 7.89. The van der Waals surface area contributed by atoms with Crippen molar-refractivity contribution >= 4 is 21.5 Å². The Morgan fingerprint density at radius 1 is 1.19 bits per heavy atom. The predicted molar refractivity (Wildman–Crippen MR) is 120 cm³/mol. The van der Waals surface area contributed by atoms with E-state index < -0.39 is 15.8 Å². The first-order valence-corrected chi connectivity index (χ1v) is 12.9. The lowest BCUT2D eigenvalue weighted by Gasteiger charge is -2.28. The van der Waals surface area contributed by atoms with Crippen molar-refractivity contribution in [2.24, 2.45) is 11.3 Å². The number of aromatic nitrogens is 2. The monoisotopic (exact) mass is 462 g/mol. The molecule has 0 bridgehead atoms. The molecule has 0 radical (unpaired) electrons. The number of H-pyrrole nitrogens is 1. The zero-order valence-electron chi connectivity index (χ0n) is 18.7. The summed E-state index contributed by atoms with van der Waals surface area (Å²) in [5.41, 5.74) is 1.61. The van der Waals surface area contributed by atoms with Gasteiger partial charge in [0.05, 0.1) is 22.8 Å². The number of ether oxygens (including phenoxy) is 1. The Bertz CT molecular complexity index is 1120. The third kappa shape index (κ3) is 3.95. The van der Waals surface area contributed by atoms with Gasteiger partial charge in [0.1, 0.15) is 0 Å². The molecule has 4 unspecified atom stereocenters. The molecule has 1 aliphatic carbocycles. The summed E-state index contributed by atoms with van der Waals surface area (Å²) >= 11 is 0. The van der Waals surface area contributed by atoms with Gasteiger partial charge in [0.25, 0.3) is 0 Å². The lowest BCUT2D eigenvalue weighted by Crippen LogP contribution is -2.28. The summed E-state index contributed by atoms with van der Waals surface area (Å²) in [6, 6.07) is 4.81. The Kier molecular flexibility index (Phi) is 5.34. The second-order valence-electron chi connectivity index (χ2n) is 10.4. The van der Waals surface area contributed by atoms with Crippen molar-refractivity contribution in [3.05, 3.63) is 35.3 Å². The van der Waals surface area contributed by atoms with Gasteiger partial charge in [-0.1, -0.05) is 20.8 Å². The van der Waals surface area contributed by atoms with Crippen LogP contribution in [0.25, 0.3) is 0 Å². The van der Waals surface area contributed by atoms with E-state index in [2.05, 4.69) is 41.0 Å². The molecule has 3 N–H and O–H groups in total. The number of fused-ring (bicyclic) bond motifs is 1. The number of nitrogens with zero attached hydrogens (tertiary/aromatic N) is 1. The maximum Gasteiger partial charge on any atom is 0.241 e. The number of sulfonamides is 1. The molecule has 2 aromatic rings. The second-order valence-corrected chi connectivity index (χ2v) is 12.2. The van der Waals surface area contributed by atoms with Crippen LogP contribution in [0, 0.1) is 17.2 Å². The van der Waals surface area contributed by atoms with Crippen LogP contribution in [0.5, 0.6) is 0 Å². The minimum absolute atomic E-state index is 0.00287. The standard InChI is InChI=1S/C23H31FN4O3S/c1-23(2,3)20-9-7-18(31-20)14-5-4-13(10-14)17-11-21(28-27-17)26-16-6-8-19-15(22(16)24)12-25-32(19,29)30/h6,8,11,13-14,18,20,25H,4-5,7,9-10,12H2,1-3H3,(H2,26,27,28). The van der Waals surface area contributed by atoms with Crippen molar-refractivity contribution in [3.8, 4) is 0 Å². The maximum absolute atomic E-state index is 14.8. The molecule has 1 saturated heterocycles. The number of halogens is 1. The van der Waals surface area contributed by atoms with E-state index >= 15 is 0 Å². The number of anilines is 2. The number of nitrogens with one attached hydrogen (secondary N) is 3. The molecule has 1 aromatic carbocycles. The van der Waals surface area contributed by atoms with Crippen molar-refractivity contribution in [2.75, 3.05) is 5.32 Å². The average molecular weight is 463 g/mol. The van der Waals surface area contributed by atoms with Gasteiger partial charge in [-0.15, -0.1) is 0 Å². The van der Waals surface area contributed by atoms with E-state index in [-0.39, 0.29) is 28.1 Å². The molecule has 7 nitrogen and oxygen atoms in total. The largest absolute Gasteiger partial charge is 0.374 e. The normalized spacial score (nSPS) is 29.4. The second kappa shape index (κ2) is 7.81. The van der Waals surface area contributed by atoms with E-state index in [1.165, 1.54) is 12.1 Å². The topological polar surface area (TPSA) is 96.1 Å². The Morgan fingerprint density at radius 3 is 2.75 bits per heavy atom. The third-order valence-corrected chi connectivity index (χ3v) is 8.73. The Morgan fingerprint density at radius 2 is 2.00 bits per heavy atom. The van der Waals surface area contributed by atoms with E-state index in [4.69, 9.17) is 4.74 Å². The van der Waals surface area contributed by atoms with Crippen LogP contribution >= 0.6 is 0 Å². The van der Waals surface area contributed by atoms with Crippen LogP contribution in [0.1, 0.15) is 70.1 Å². The summed E-state index contributed by atoms with van der Waals surface area (Å²) in [6.07, 6.45) is 6.25. The molecule has 3 aliphatic rings. The highest BCUT2D eigenvalue weighted by Gasteiger charge is 2.40. The van der Waals surface area contributed by atoms with E-state index in [1.54, 1.807) is 0 Å². The zero-order valence-corrected chi connectivity index (χ0v) is 19.6. The minimum atomic E-state index is -3.60. The van der Waals surface area contributed by atoms with Gasteiger partial charge < -0.3 is 10.1 Å². The summed E-state index contributed by atoms with van der Waals surface area (Å²) in [6.45, 7) is 6.70. The van der Waals surface area contributed by atoms with Gasteiger partial charge in [-0.2, -0.15) is 5.10 Å². The summed E-state index contributed by atoms with van der Waals surface area (Å²) < 4.78 is 47.4. The third-order valence-electron chi connectivity index (χ3n) is 7.25. The van der Waals surface area contributed by atoms with Crippen molar-refractivity contribution in [3.63, 3.8) is 0 Å². The molecule has 174 valence electrons. The lowest BCUT2D eigenvalue weighted by molar-refractivity contribution is -0.0375. The number of hydrogen-bond donors (Lipinski definition) is 3. The van der Waals surface area contributed by atoms with Gasteiger partial charge in [0.2, 0.25) is 10.0 Å². The Labute approximate surface area is 188 Å². The molecular formula is C23H31FN4O3S.